The maximum absolute atomic E-state index is 10.5. The van der Waals surface area contributed by atoms with Crippen molar-refractivity contribution in [2.45, 2.75) is 34.2 Å². The molecule has 0 aliphatic rings. The Morgan fingerprint density at radius 3 is 2.47 bits per heavy atom. The van der Waals surface area contributed by atoms with Crippen LogP contribution in [0.25, 0.3) is 0 Å². The summed E-state index contributed by atoms with van der Waals surface area (Å²) in [5, 5.41) is 12.9. The third-order valence-electron chi connectivity index (χ3n) is 2.51. The number of aliphatic carboxylic acids is 1. The molecule has 82 valence electrons. The fourth-order valence-corrected chi connectivity index (χ4v) is 1.43. The Kier molecular flexibility index (Phi) is 3.29. The summed E-state index contributed by atoms with van der Waals surface area (Å²) in [6.07, 6.45) is 1.21. The van der Waals surface area contributed by atoms with Gasteiger partial charge in [-0.3, -0.25) is 4.68 Å². The van der Waals surface area contributed by atoms with E-state index in [1.54, 1.807) is 6.92 Å². The monoisotopic (exact) mass is 208 g/mol. The quantitative estimate of drug-likeness (QED) is 0.771. The highest BCUT2D eigenvalue weighted by Gasteiger charge is 2.07. The van der Waals surface area contributed by atoms with Crippen molar-refractivity contribution in [1.82, 2.24) is 9.78 Å². The van der Waals surface area contributed by atoms with Crippen molar-refractivity contribution < 1.29 is 9.90 Å². The molecule has 0 aliphatic heterocycles. The highest BCUT2D eigenvalue weighted by molar-refractivity contribution is 5.80. The molecule has 4 heteroatoms. The number of carboxylic acids is 1. The van der Waals surface area contributed by atoms with Gasteiger partial charge < -0.3 is 5.11 Å². The third kappa shape index (κ3) is 2.68. The second-order valence-electron chi connectivity index (χ2n) is 3.78. The summed E-state index contributed by atoms with van der Waals surface area (Å²) in [5.74, 6) is -0.911. The van der Waals surface area contributed by atoms with Crippen LogP contribution in [0, 0.1) is 20.8 Å². The van der Waals surface area contributed by atoms with Gasteiger partial charge in [-0.05, 0) is 38.8 Å². The van der Waals surface area contributed by atoms with Gasteiger partial charge in [0.25, 0.3) is 0 Å². The zero-order chi connectivity index (χ0) is 11.6. The van der Waals surface area contributed by atoms with Gasteiger partial charge in [-0.25, -0.2) is 4.79 Å². The predicted octanol–water partition coefficient (Wildman–Crippen LogP) is 1.84. The van der Waals surface area contributed by atoms with Crippen molar-refractivity contribution in [3.63, 3.8) is 0 Å². The first-order valence-corrected chi connectivity index (χ1v) is 4.82. The minimum Gasteiger partial charge on any atom is -0.478 e. The predicted molar refractivity (Wildman–Crippen MR) is 57.8 cm³/mol. The van der Waals surface area contributed by atoms with Crippen LogP contribution >= 0.6 is 0 Å². The van der Waals surface area contributed by atoms with Crippen LogP contribution in [0.5, 0.6) is 0 Å². The lowest BCUT2D eigenvalue weighted by atomic mass is 10.2. The molecule has 1 N–H and O–H groups in total. The van der Waals surface area contributed by atoms with E-state index in [4.69, 9.17) is 5.11 Å². The van der Waals surface area contributed by atoms with Crippen LogP contribution in [-0.2, 0) is 11.3 Å². The molecule has 0 bridgehead atoms. The molecule has 0 spiro atoms. The number of carbonyl (C=O) groups is 1. The van der Waals surface area contributed by atoms with E-state index in [0.29, 0.717) is 6.54 Å². The number of rotatable bonds is 3. The lowest BCUT2D eigenvalue weighted by Gasteiger charge is -2.04. The summed E-state index contributed by atoms with van der Waals surface area (Å²) in [5.41, 5.74) is 4.03. The third-order valence-corrected chi connectivity index (χ3v) is 2.51. The van der Waals surface area contributed by atoms with E-state index in [9.17, 15) is 4.79 Å². The van der Waals surface area contributed by atoms with Gasteiger partial charge in [0, 0.05) is 11.8 Å². The van der Waals surface area contributed by atoms with E-state index in [2.05, 4.69) is 5.10 Å². The standard InChI is InChI=1S/C11H16N2O2/c1-7(5-11(14)15)6-13-10(4)8(2)9(3)12-13/h5H,6H2,1-4H3,(H,14,15). The van der Waals surface area contributed by atoms with Gasteiger partial charge in [0.1, 0.15) is 0 Å². The first-order chi connectivity index (χ1) is 6.91. The Hall–Kier alpha value is -1.58. The van der Waals surface area contributed by atoms with Gasteiger partial charge in [-0.1, -0.05) is 0 Å². The molecule has 1 aromatic rings. The zero-order valence-electron chi connectivity index (χ0n) is 9.53. The SMILES string of the molecule is CC(=CC(=O)O)Cn1nc(C)c(C)c1C. The van der Waals surface area contributed by atoms with Crippen LogP contribution in [0.3, 0.4) is 0 Å². The van der Waals surface area contributed by atoms with Gasteiger partial charge in [0.2, 0.25) is 0 Å². The molecule has 0 saturated heterocycles. The van der Waals surface area contributed by atoms with Crippen molar-refractivity contribution in [3.05, 3.63) is 28.6 Å². The minimum atomic E-state index is -0.911. The lowest BCUT2D eigenvalue weighted by Crippen LogP contribution is -2.05. The number of hydrogen-bond donors (Lipinski definition) is 1. The number of allylic oxidation sites excluding steroid dienone is 1. The minimum absolute atomic E-state index is 0.535. The Bertz CT molecular complexity index is 416. The van der Waals surface area contributed by atoms with Gasteiger partial charge in [-0.2, -0.15) is 5.10 Å². The van der Waals surface area contributed by atoms with Crippen LogP contribution in [0.2, 0.25) is 0 Å². The van der Waals surface area contributed by atoms with Crippen molar-refractivity contribution in [1.29, 1.82) is 0 Å². The first kappa shape index (κ1) is 11.5. The summed E-state index contributed by atoms with van der Waals surface area (Å²) in [6, 6.07) is 0. The normalized spacial score (nSPS) is 11.9. The molecule has 0 atom stereocenters. The molecule has 0 aliphatic carbocycles. The van der Waals surface area contributed by atoms with Gasteiger partial charge in [0.05, 0.1) is 12.2 Å². The molecule has 0 aromatic carbocycles. The smallest absolute Gasteiger partial charge is 0.328 e. The number of aromatic nitrogens is 2. The molecule has 15 heavy (non-hydrogen) atoms. The summed E-state index contributed by atoms with van der Waals surface area (Å²) in [4.78, 5) is 10.5. The van der Waals surface area contributed by atoms with Gasteiger partial charge in [-0.15, -0.1) is 0 Å². The largest absolute Gasteiger partial charge is 0.478 e. The molecule has 1 aromatic heterocycles. The highest BCUT2D eigenvalue weighted by Crippen LogP contribution is 2.12. The molecule has 1 rings (SSSR count). The Labute approximate surface area is 89.2 Å². The van der Waals surface area contributed by atoms with E-state index in [0.717, 1.165) is 22.5 Å². The molecule has 0 fully saturated rings. The Morgan fingerprint density at radius 1 is 1.47 bits per heavy atom. The second-order valence-corrected chi connectivity index (χ2v) is 3.78. The van der Waals surface area contributed by atoms with Crippen molar-refractivity contribution in [2.24, 2.45) is 0 Å². The summed E-state index contributed by atoms with van der Waals surface area (Å²) in [6.45, 7) is 8.29. The summed E-state index contributed by atoms with van der Waals surface area (Å²) < 4.78 is 1.83. The topological polar surface area (TPSA) is 55.1 Å². The fourth-order valence-electron chi connectivity index (χ4n) is 1.43. The van der Waals surface area contributed by atoms with E-state index in [-0.39, 0.29) is 0 Å². The maximum atomic E-state index is 10.5. The fraction of sp³-hybridized carbons (Fsp3) is 0.455. The molecule has 0 amide bonds. The Balaban J connectivity index is 2.90. The number of carboxylic acid groups (broad SMARTS) is 1. The molecular formula is C11H16N2O2. The van der Waals surface area contributed by atoms with Gasteiger partial charge >= 0.3 is 5.97 Å². The lowest BCUT2D eigenvalue weighted by molar-refractivity contribution is -0.131. The van der Waals surface area contributed by atoms with E-state index < -0.39 is 5.97 Å². The second kappa shape index (κ2) is 4.29. The van der Waals surface area contributed by atoms with Crippen LogP contribution in [-0.4, -0.2) is 20.9 Å². The highest BCUT2D eigenvalue weighted by atomic mass is 16.4. The van der Waals surface area contributed by atoms with E-state index in [1.807, 2.05) is 25.5 Å². The zero-order valence-corrected chi connectivity index (χ0v) is 9.53. The maximum Gasteiger partial charge on any atom is 0.328 e. The van der Waals surface area contributed by atoms with Crippen molar-refractivity contribution in [2.75, 3.05) is 0 Å². The summed E-state index contributed by atoms with van der Waals surface area (Å²) >= 11 is 0. The summed E-state index contributed by atoms with van der Waals surface area (Å²) in [7, 11) is 0. The molecule has 4 nitrogen and oxygen atoms in total. The molecule has 0 radical (unpaired) electrons. The van der Waals surface area contributed by atoms with Crippen LogP contribution < -0.4 is 0 Å². The van der Waals surface area contributed by atoms with E-state index in [1.165, 1.54) is 6.08 Å². The van der Waals surface area contributed by atoms with Gasteiger partial charge in [0.15, 0.2) is 0 Å². The van der Waals surface area contributed by atoms with Crippen LogP contribution in [0.4, 0.5) is 0 Å². The molecule has 0 saturated carbocycles. The number of hydrogen-bond acceptors (Lipinski definition) is 2. The average molecular weight is 208 g/mol. The van der Waals surface area contributed by atoms with Crippen LogP contribution in [0.1, 0.15) is 23.9 Å². The number of nitrogens with zero attached hydrogens (tertiary/aromatic N) is 2. The van der Waals surface area contributed by atoms with Crippen LogP contribution in [0.15, 0.2) is 11.6 Å². The average Bonchev–Trinajstić information content (AvgIpc) is 2.32. The van der Waals surface area contributed by atoms with E-state index >= 15 is 0 Å². The molecule has 0 unspecified atom stereocenters. The molecular weight excluding hydrogens is 192 g/mol. The van der Waals surface area contributed by atoms with Crippen molar-refractivity contribution in [3.8, 4) is 0 Å². The Morgan fingerprint density at radius 2 is 2.07 bits per heavy atom. The molecule has 1 heterocycles. The van der Waals surface area contributed by atoms with Crippen molar-refractivity contribution >= 4 is 5.97 Å². The first-order valence-electron chi connectivity index (χ1n) is 4.82. The number of aryl methyl sites for hydroxylation is 1.